The third-order valence-electron chi connectivity index (χ3n) is 27.2. The Morgan fingerprint density at radius 3 is 0.874 bits per heavy atom. The van der Waals surface area contributed by atoms with Crippen LogP contribution in [0, 0.1) is 0 Å². The molecule has 0 aliphatic heterocycles. The molecule has 0 saturated heterocycles. The summed E-state index contributed by atoms with van der Waals surface area (Å²) < 4.78 is 4.96. The van der Waals surface area contributed by atoms with E-state index in [0.717, 1.165) is 11.4 Å². The lowest BCUT2D eigenvalue weighted by Gasteiger charge is -2.34. The second-order valence-electron chi connectivity index (χ2n) is 33.8. The molecule has 0 amide bonds. The van der Waals surface area contributed by atoms with Crippen LogP contribution in [0.5, 0.6) is 0 Å². The zero-order valence-corrected chi connectivity index (χ0v) is 69.6. The van der Waals surface area contributed by atoms with Crippen molar-refractivity contribution >= 4 is 119 Å². The summed E-state index contributed by atoms with van der Waals surface area (Å²) in [5.74, 6) is 0. The summed E-state index contributed by atoms with van der Waals surface area (Å²) >= 11 is 0. The third kappa shape index (κ3) is 11.6. The van der Waals surface area contributed by atoms with Crippen LogP contribution in [0.15, 0.2) is 485 Å². The normalized spacial score (nSPS) is 12.3. The second kappa shape index (κ2) is 29.9. The lowest BCUT2D eigenvalue weighted by Crippen LogP contribution is -2.28. The Morgan fingerprint density at radius 2 is 0.441 bits per heavy atom. The summed E-state index contributed by atoms with van der Waals surface area (Å²) in [6, 6.07) is 179. The quantitative estimate of drug-likeness (QED) is 0.114. The van der Waals surface area contributed by atoms with Crippen molar-refractivity contribution in [2.24, 2.45) is 0 Å². The molecular formula is C125H80N2. The average Bonchev–Trinajstić information content (AvgIpc) is 1.27. The summed E-state index contributed by atoms with van der Waals surface area (Å²) in [5, 5.41) is 22.6. The van der Waals surface area contributed by atoms with Crippen LogP contribution >= 0.6 is 0 Å². The van der Waals surface area contributed by atoms with Crippen LogP contribution in [0.4, 0.5) is 0 Å². The monoisotopic (exact) mass is 1610 g/mol. The summed E-state index contributed by atoms with van der Waals surface area (Å²) in [6.07, 6.45) is 0. The molecule has 127 heavy (non-hydrogen) atoms. The first-order valence-corrected chi connectivity index (χ1v) is 44.1. The van der Waals surface area contributed by atoms with Gasteiger partial charge in [0.05, 0.1) is 27.5 Å². The summed E-state index contributed by atoms with van der Waals surface area (Å²) in [7, 11) is 0. The van der Waals surface area contributed by atoms with E-state index in [2.05, 4.69) is 494 Å². The molecule has 0 atom stereocenters. The number of para-hydroxylation sites is 2. The fraction of sp³-hybridized carbons (Fsp3) is 0.00800. The van der Waals surface area contributed by atoms with Crippen molar-refractivity contribution in [3.63, 3.8) is 0 Å². The minimum atomic E-state index is -0.477. The molecule has 0 fully saturated rings. The van der Waals surface area contributed by atoms with E-state index < -0.39 is 5.41 Å². The van der Waals surface area contributed by atoms with E-state index >= 15 is 0 Å². The van der Waals surface area contributed by atoms with Gasteiger partial charge in [0.1, 0.15) is 0 Å². The predicted molar refractivity (Wildman–Crippen MR) is 539 cm³/mol. The van der Waals surface area contributed by atoms with Gasteiger partial charge >= 0.3 is 0 Å². The van der Waals surface area contributed by atoms with Crippen molar-refractivity contribution in [1.82, 2.24) is 9.13 Å². The first-order valence-electron chi connectivity index (χ1n) is 44.1. The molecule has 1 aliphatic rings. The van der Waals surface area contributed by atoms with E-state index in [1.807, 2.05) is 0 Å². The van der Waals surface area contributed by atoms with Crippen LogP contribution in [-0.4, -0.2) is 9.13 Å². The van der Waals surface area contributed by atoms with Crippen LogP contribution < -0.4 is 0 Å². The standard InChI is InChI=1S/C67H43N.C58H37N/c1-4-20-44(21-5-1)64-54-29-11-13-31-56(54)65(57-32-14-12-30-55(57)64)45-36-39-49(40-37-45)68-63-35-19-17-28-53(63)60-43-59(50-26-10-15-33-58(50)66(60)68)46-38-41-52-51-27-16-18-34-61(51)67(62(52)42-46,47-22-6-2-7-23-47)48-24-8-3-9-25-48;1-2-16-41(17-3-1)56-48-22-7-9-24-50(48)57(51-25-10-8-23-49(51)56)42-33-35-43(36-34-42)59-55-28-13-12-21-47(55)54-37-53(46-20-6-11-26-52(46)58(54)59)40-31-29-39(30-32-40)45-27-14-18-38-15-4-5-19-44(38)45/h1-43H;1-37H. The van der Waals surface area contributed by atoms with Crippen molar-refractivity contribution in [1.29, 1.82) is 0 Å². The van der Waals surface area contributed by atoms with Crippen molar-refractivity contribution in [3.8, 4) is 100 Å². The van der Waals surface area contributed by atoms with E-state index in [-0.39, 0.29) is 0 Å². The van der Waals surface area contributed by atoms with Gasteiger partial charge in [0.25, 0.3) is 0 Å². The Bertz CT molecular complexity index is 8540. The number of fused-ring (bicyclic) bond motifs is 18. The molecule has 0 unspecified atom stereocenters. The van der Waals surface area contributed by atoms with E-state index in [4.69, 9.17) is 0 Å². The van der Waals surface area contributed by atoms with Gasteiger partial charge in [-0.25, -0.2) is 0 Å². The van der Waals surface area contributed by atoms with Crippen LogP contribution in [0.2, 0.25) is 0 Å². The van der Waals surface area contributed by atoms with Gasteiger partial charge < -0.3 is 9.13 Å². The Hall–Kier alpha value is -16.5. The largest absolute Gasteiger partial charge is 0.309 e. The van der Waals surface area contributed by atoms with E-state index in [1.54, 1.807) is 0 Å². The smallest absolute Gasteiger partial charge is 0.0713 e. The third-order valence-corrected chi connectivity index (χ3v) is 27.2. The first kappa shape index (κ1) is 73.2. The number of aromatic nitrogens is 2. The zero-order valence-electron chi connectivity index (χ0n) is 69.6. The van der Waals surface area contributed by atoms with Crippen LogP contribution in [0.3, 0.4) is 0 Å². The maximum absolute atomic E-state index is 2.50. The molecule has 2 aromatic heterocycles. The highest BCUT2D eigenvalue weighted by atomic mass is 15.0. The van der Waals surface area contributed by atoms with Gasteiger partial charge in [-0.2, -0.15) is 0 Å². The number of nitrogens with zero attached hydrogens (tertiary/aromatic N) is 2. The summed E-state index contributed by atoms with van der Waals surface area (Å²) in [4.78, 5) is 0. The molecule has 2 heteroatoms. The molecule has 0 radical (unpaired) electrons. The van der Waals surface area contributed by atoms with Gasteiger partial charge in [-0.05, 0) is 231 Å². The minimum absolute atomic E-state index is 0.477. The molecule has 1 aliphatic carbocycles. The Balaban J connectivity index is 0.000000140. The van der Waals surface area contributed by atoms with Crippen molar-refractivity contribution in [2.75, 3.05) is 0 Å². The van der Waals surface area contributed by atoms with E-state index in [1.165, 1.54) is 230 Å². The van der Waals surface area contributed by atoms with E-state index in [9.17, 15) is 0 Å². The van der Waals surface area contributed by atoms with Gasteiger partial charge in [0.2, 0.25) is 0 Å². The predicted octanol–water partition coefficient (Wildman–Crippen LogP) is 33.7. The molecule has 2 nitrogen and oxygen atoms in total. The van der Waals surface area contributed by atoms with Crippen molar-refractivity contribution < 1.29 is 0 Å². The maximum atomic E-state index is 2.50. The summed E-state index contributed by atoms with van der Waals surface area (Å²) in [6.45, 7) is 0. The fourth-order valence-electron chi connectivity index (χ4n) is 21.8. The van der Waals surface area contributed by atoms with Gasteiger partial charge in [0, 0.05) is 43.7 Å². The highest BCUT2D eigenvalue weighted by molar-refractivity contribution is 6.26. The van der Waals surface area contributed by atoms with Gasteiger partial charge in [-0.15, -0.1) is 0 Å². The molecule has 23 aromatic carbocycles. The first-order chi connectivity index (χ1) is 63.1. The zero-order chi connectivity index (χ0) is 83.6. The minimum Gasteiger partial charge on any atom is -0.309 e. The molecule has 0 spiro atoms. The highest BCUT2D eigenvalue weighted by Crippen LogP contribution is 2.58. The number of hydrogen-bond acceptors (Lipinski definition) is 0. The summed E-state index contributed by atoms with van der Waals surface area (Å²) in [5.41, 5.74) is 31.8. The lowest BCUT2D eigenvalue weighted by atomic mass is 9.67. The molecule has 26 rings (SSSR count). The van der Waals surface area contributed by atoms with Crippen LogP contribution in [0.25, 0.3) is 219 Å². The average molecular weight is 1610 g/mol. The van der Waals surface area contributed by atoms with Crippen LogP contribution in [0.1, 0.15) is 22.3 Å². The number of benzene rings is 23. The lowest BCUT2D eigenvalue weighted by molar-refractivity contribution is 0.769. The fourth-order valence-corrected chi connectivity index (χ4v) is 21.8. The SMILES string of the molecule is c1ccc(-c2c3ccccc3c(-c3ccc(-n4c5ccccc5c5cc(-c6ccc(-c7cccc8ccccc78)cc6)c6ccccc6c54)cc3)c3ccccc23)cc1.c1ccc(-c2c3ccccc3c(-c3ccc(-n4c5ccccc5c5cc(-c6ccc7c(c6)C(c6ccccc6)(c6ccccc6)c6ccccc6-7)c6ccccc6c54)cc3)c3ccccc23)cc1. The molecule has 0 saturated carbocycles. The number of hydrogen-bond donors (Lipinski definition) is 0. The molecule has 0 N–H and O–H groups in total. The topological polar surface area (TPSA) is 9.86 Å². The molecule has 25 aromatic rings. The van der Waals surface area contributed by atoms with Crippen molar-refractivity contribution in [2.45, 2.75) is 5.41 Å². The molecular weight excluding hydrogens is 1530 g/mol. The molecule has 590 valence electrons. The second-order valence-corrected chi connectivity index (χ2v) is 33.8. The molecule has 0 bridgehead atoms. The van der Waals surface area contributed by atoms with Crippen molar-refractivity contribution in [3.05, 3.63) is 508 Å². The van der Waals surface area contributed by atoms with E-state index in [0.29, 0.717) is 0 Å². The Kier molecular flexibility index (Phi) is 17.3. The maximum Gasteiger partial charge on any atom is 0.0713 e. The Labute approximate surface area is 736 Å². The van der Waals surface area contributed by atoms with Gasteiger partial charge in [0.15, 0.2) is 0 Å². The van der Waals surface area contributed by atoms with Gasteiger partial charge in [-0.3, -0.25) is 0 Å². The van der Waals surface area contributed by atoms with Gasteiger partial charge in [-0.1, -0.05) is 431 Å². The van der Waals surface area contributed by atoms with Crippen LogP contribution in [-0.2, 0) is 5.41 Å². The Morgan fingerprint density at radius 1 is 0.150 bits per heavy atom. The molecule has 2 heterocycles. The number of rotatable bonds is 11. The highest BCUT2D eigenvalue weighted by Gasteiger charge is 2.46.